The second-order valence-corrected chi connectivity index (χ2v) is 6.56. The predicted octanol–water partition coefficient (Wildman–Crippen LogP) is 1.16. The van der Waals surface area contributed by atoms with Crippen LogP contribution in [0.3, 0.4) is 0 Å². The van der Waals surface area contributed by atoms with Crippen LogP contribution in [0.4, 0.5) is 0 Å². The summed E-state index contributed by atoms with van der Waals surface area (Å²) in [6.07, 6.45) is 2.91. The summed E-state index contributed by atoms with van der Waals surface area (Å²) < 4.78 is 6.75. The highest BCUT2D eigenvalue weighted by Crippen LogP contribution is 2.15. The molecule has 0 bridgehead atoms. The highest BCUT2D eigenvalue weighted by Gasteiger charge is 2.30. The Morgan fingerprint density at radius 1 is 1.31 bits per heavy atom. The van der Waals surface area contributed by atoms with Gasteiger partial charge in [0.2, 0.25) is 11.8 Å². The lowest BCUT2D eigenvalue weighted by atomic mass is 10.1. The molecule has 1 fully saturated rings. The van der Waals surface area contributed by atoms with Crippen LogP contribution >= 0.6 is 0 Å². The third-order valence-electron chi connectivity index (χ3n) is 4.49. The fourth-order valence-corrected chi connectivity index (χ4v) is 3.11. The molecule has 1 aromatic heterocycles. The zero-order chi connectivity index (χ0) is 18.5. The number of aromatic nitrogens is 2. The molecule has 7 nitrogen and oxygen atoms in total. The Hall–Kier alpha value is -2.83. The molecule has 0 unspecified atom stereocenters. The van der Waals surface area contributed by atoms with Gasteiger partial charge in [-0.25, -0.2) is 0 Å². The van der Waals surface area contributed by atoms with Gasteiger partial charge in [-0.15, -0.1) is 0 Å². The van der Waals surface area contributed by atoms with Gasteiger partial charge in [-0.2, -0.15) is 5.10 Å². The minimum absolute atomic E-state index is 0.0822. The normalized spacial score (nSPS) is 16.8. The van der Waals surface area contributed by atoms with E-state index in [0.717, 1.165) is 23.4 Å². The fourth-order valence-electron chi connectivity index (χ4n) is 3.11. The average molecular weight is 356 g/mol. The lowest BCUT2D eigenvalue weighted by Gasteiger charge is -2.17. The van der Waals surface area contributed by atoms with Crippen LogP contribution in [0.2, 0.25) is 0 Å². The molecule has 2 aromatic rings. The maximum atomic E-state index is 12.2. The van der Waals surface area contributed by atoms with Crippen molar-refractivity contribution in [1.82, 2.24) is 20.0 Å². The monoisotopic (exact) mass is 356 g/mol. The third kappa shape index (κ3) is 4.62. The molecular weight excluding hydrogens is 332 g/mol. The molecule has 2 heterocycles. The molecule has 7 heteroatoms. The number of aryl methyl sites for hydroxylation is 1. The first kappa shape index (κ1) is 18.0. The number of likely N-dealkylation sites (tertiary alicyclic amines) is 1. The highest BCUT2D eigenvalue weighted by molar-refractivity contribution is 5.82. The van der Waals surface area contributed by atoms with Gasteiger partial charge >= 0.3 is 0 Å². The van der Waals surface area contributed by atoms with E-state index in [0.29, 0.717) is 19.5 Å². The quantitative estimate of drug-likeness (QED) is 0.808. The summed E-state index contributed by atoms with van der Waals surface area (Å²) in [7, 11) is 1.64. The van der Waals surface area contributed by atoms with Crippen molar-refractivity contribution >= 4 is 11.8 Å². The SMILES string of the molecule is COc1ccc(CCN2C[C@@H](NC(=O)Cn3ccc(C)n3)CC2=O)cc1. The molecule has 1 N–H and O–H groups in total. The van der Waals surface area contributed by atoms with Gasteiger partial charge in [-0.05, 0) is 37.1 Å². The van der Waals surface area contributed by atoms with E-state index in [4.69, 9.17) is 4.74 Å². The molecule has 1 aliphatic rings. The third-order valence-corrected chi connectivity index (χ3v) is 4.49. The minimum Gasteiger partial charge on any atom is -0.497 e. The van der Waals surface area contributed by atoms with Crippen LogP contribution in [0.25, 0.3) is 0 Å². The van der Waals surface area contributed by atoms with E-state index in [1.165, 1.54) is 0 Å². The Bertz CT molecular complexity index is 769. The van der Waals surface area contributed by atoms with E-state index in [-0.39, 0.29) is 24.4 Å². The van der Waals surface area contributed by atoms with Crippen molar-refractivity contribution in [2.45, 2.75) is 32.4 Å². The number of benzene rings is 1. The number of nitrogens with zero attached hydrogens (tertiary/aromatic N) is 3. The molecule has 0 saturated carbocycles. The minimum atomic E-state index is -0.137. The first-order valence-corrected chi connectivity index (χ1v) is 8.73. The number of carbonyl (C=O) groups is 2. The Labute approximate surface area is 152 Å². The number of hydrogen-bond acceptors (Lipinski definition) is 4. The van der Waals surface area contributed by atoms with Crippen LogP contribution in [0.5, 0.6) is 5.75 Å². The largest absolute Gasteiger partial charge is 0.497 e. The van der Waals surface area contributed by atoms with E-state index in [2.05, 4.69) is 10.4 Å². The molecule has 1 aromatic carbocycles. The summed E-state index contributed by atoms with van der Waals surface area (Å²) in [5, 5.41) is 7.13. The number of rotatable bonds is 7. The van der Waals surface area contributed by atoms with Crippen LogP contribution in [0.15, 0.2) is 36.5 Å². The Morgan fingerprint density at radius 2 is 2.08 bits per heavy atom. The van der Waals surface area contributed by atoms with Gasteiger partial charge in [0.25, 0.3) is 0 Å². The van der Waals surface area contributed by atoms with Gasteiger partial charge in [-0.3, -0.25) is 14.3 Å². The van der Waals surface area contributed by atoms with Crippen LogP contribution in [0, 0.1) is 6.92 Å². The van der Waals surface area contributed by atoms with Crippen molar-refractivity contribution in [2.24, 2.45) is 0 Å². The van der Waals surface area contributed by atoms with Crippen LogP contribution in [0.1, 0.15) is 17.7 Å². The Morgan fingerprint density at radius 3 is 2.73 bits per heavy atom. The second-order valence-electron chi connectivity index (χ2n) is 6.56. The summed E-state index contributed by atoms with van der Waals surface area (Å²) in [6.45, 7) is 3.25. The van der Waals surface area contributed by atoms with E-state index in [9.17, 15) is 9.59 Å². The fraction of sp³-hybridized carbons (Fsp3) is 0.421. The summed E-state index contributed by atoms with van der Waals surface area (Å²) in [5.74, 6) is 0.780. The van der Waals surface area contributed by atoms with Crippen molar-refractivity contribution < 1.29 is 14.3 Å². The van der Waals surface area contributed by atoms with E-state index < -0.39 is 0 Å². The number of ether oxygens (including phenoxy) is 1. The average Bonchev–Trinajstić information content (AvgIpc) is 3.18. The highest BCUT2D eigenvalue weighted by atomic mass is 16.5. The molecule has 1 saturated heterocycles. The van der Waals surface area contributed by atoms with E-state index in [1.807, 2.05) is 42.2 Å². The second kappa shape index (κ2) is 8.03. The molecule has 26 heavy (non-hydrogen) atoms. The van der Waals surface area contributed by atoms with Crippen molar-refractivity contribution in [3.8, 4) is 5.75 Å². The van der Waals surface area contributed by atoms with Gasteiger partial charge in [-0.1, -0.05) is 12.1 Å². The molecule has 0 radical (unpaired) electrons. The van der Waals surface area contributed by atoms with E-state index >= 15 is 0 Å². The molecule has 1 aliphatic heterocycles. The van der Waals surface area contributed by atoms with Crippen LogP contribution in [-0.2, 0) is 22.6 Å². The first-order valence-electron chi connectivity index (χ1n) is 8.73. The van der Waals surface area contributed by atoms with Crippen molar-refractivity contribution in [3.63, 3.8) is 0 Å². The van der Waals surface area contributed by atoms with Crippen molar-refractivity contribution in [3.05, 3.63) is 47.8 Å². The summed E-state index contributed by atoms with van der Waals surface area (Å²) in [5.41, 5.74) is 2.03. The smallest absolute Gasteiger partial charge is 0.242 e. The molecule has 0 spiro atoms. The van der Waals surface area contributed by atoms with Gasteiger partial charge in [0.15, 0.2) is 0 Å². The first-order chi connectivity index (χ1) is 12.5. The number of carbonyl (C=O) groups excluding carboxylic acids is 2. The molecular formula is C19H24N4O3. The Balaban J connectivity index is 1.46. The number of methoxy groups -OCH3 is 1. The lowest BCUT2D eigenvalue weighted by Crippen LogP contribution is -2.39. The van der Waals surface area contributed by atoms with Crippen molar-refractivity contribution in [1.29, 1.82) is 0 Å². The Kier molecular flexibility index (Phi) is 5.55. The zero-order valence-corrected chi connectivity index (χ0v) is 15.1. The summed E-state index contributed by atoms with van der Waals surface area (Å²) in [6, 6.07) is 9.56. The van der Waals surface area contributed by atoms with E-state index in [1.54, 1.807) is 18.0 Å². The predicted molar refractivity (Wildman–Crippen MR) is 96.8 cm³/mol. The molecule has 1 atom stereocenters. The summed E-state index contributed by atoms with van der Waals surface area (Å²) >= 11 is 0. The van der Waals surface area contributed by atoms with Gasteiger partial charge in [0, 0.05) is 25.7 Å². The maximum absolute atomic E-state index is 12.2. The molecule has 2 amide bonds. The standard InChI is InChI=1S/C19H24N4O3/c1-14-7-10-23(21-14)13-18(24)20-16-11-19(25)22(12-16)9-8-15-3-5-17(26-2)6-4-15/h3-7,10,16H,8-9,11-13H2,1-2H3,(H,20,24)/t16-/m0/s1. The number of amides is 2. The topological polar surface area (TPSA) is 76.5 Å². The molecule has 0 aliphatic carbocycles. The number of nitrogens with one attached hydrogen (secondary N) is 1. The molecule has 138 valence electrons. The number of hydrogen-bond donors (Lipinski definition) is 1. The van der Waals surface area contributed by atoms with Gasteiger partial charge < -0.3 is 15.0 Å². The maximum Gasteiger partial charge on any atom is 0.242 e. The van der Waals surface area contributed by atoms with Crippen molar-refractivity contribution in [2.75, 3.05) is 20.2 Å². The van der Waals surface area contributed by atoms with Gasteiger partial charge in [0.05, 0.1) is 18.8 Å². The molecule has 3 rings (SSSR count). The zero-order valence-electron chi connectivity index (χ0n) is 15.1. The lowest BCUT2D eigenvalue weighted by molar-refractivity contribution is -0.127. The van der Waals surface area contributed by atoms with Crippen LogP contribution < -0.4 is 10.1 Å². The summed E-state index contributed by atoms with van der Waals surface area (Å²) in [4.78, 5) is 26.1. The van der Waals surface area contributed by atoms with Crippen LogP contribution in [-0.4, -0.2) is 52.7 Å². The van der Waals surface area contributed by atoms with Gasteiger partial charge in [0.1, 0.15) is 12.3 Å².